The number of amides is 2. The summed E-state index contributed by atoms with van der Waals surface area (Å²) in [6.45, 7) is 2.35. The molecule has 7 nitrogen and oxygen atoms in total. The first-order valence-electron chi connectivity index (χ1n) is 11.0. The number of nitrogens with one attached hydrogen (secondary N) is 1. The highest BCUT2D eigenvalue weighted by molar-refractivity contribution is 6.00. The van der Waals surface area contributed by atoms with E-state index in [0.717, 1.165) is 11.3 Å². The number of carbonyl (C=O) groups excluding carboxylic acids is 2. The molecule has 2 amide bonds. The molecule has 170 valence electrons. The third kappa shape index (κ3) is 3.86. The fraction of sp³-hybridized carbons (Fsp3) is 0.320. The zero-order chi connectivity index (χ0) is 23.0. The van der Waals surface area contributed by atoms with E-state index in [1.165, 1.54) is 18.3 Å². The molecule has 2 saturated heterocycles. The summed E-state index contributed by atoms with van der Waals surface area (Å²) < 4.78 is 18.5. The predicted octanol–water partition coefficient (Wildman–Crippen LogP) is 3.49. The van der Waals surface area contributed by atoms with E-state index >= 15 is 0 Å². The molecule has 5 rings (SSSR count). The van der Waals surface area contributed by atoms with Crippen LogP contribution in [0.15, 0.2) is 54.7 Å². The predicted molar refractivity (Wildman–Crippen MR) is 120 cm³/mol. The molecule has 2 aliphatic heterocycles. The van der Waals surface area contributed by atoms with Crippen molar-refractivity contribution in [2.24, 2.45) is 5.41 Å². The monoisotopic (exact) mass is 448 g/mol. The standard InChI is InChI=1S/C25H25FN4O3/c1-33-20-8-2-17(3-9-20)15-30-16-25(24(30)32)10-12-29(13-11-25)23(31)21-14-27-28-22(21)18-4-6-19(26)7-5-18/h2-9,14H,10-13,15-16H2,1H3,(H,27,28). The number of aromatic nitrogens is 2. The minimum absolute atomic E-state index is 0.125. The highest BCUT2D eigenvalue weighted by Gasteiger charge is 2.53. The Balaban J connectivity index is 1.20. The largest absolute Gasteiger partial charge is 0.497 e. The number of piperidine rings is 1. The molecule has 3 heterocycles. The summed E-state index contributed by atoms with van der Waals surface area (Å²) in [7, 11) is 1.63. The Morgan fingerprint density at radius 3 is 2.45 bits per heavy atom. The lowest BCUT2D eigenvalue weighted by Crippen LogP contribution is -2.64. The van der Waals surface area contributed by atoms with Crippen molar-refractivity contribution in [3.63, 3.8) is 0 Å². The first-order chi connectivity index (χ1) is 16.0. The number of carbonyl (C=O) groups is 2. The summed E-state index contributed by atoms with van der Waals surface area (Å²) in [4.78, 5) is 29.8. The normalized spacial score (nSPS) is 17.2. The van der Waals surface area contributed by atoms with Crippen LogP contribution in [-0.4, -0.2) is 58.6 Å². The van der Waals surface area contributed by atoms with Gasteiger partial charge in [0.15, 0.2) is 0 Å². The van der Waals surface area contributed by atoms with E-state index in [4.69, 9.17) is 4.74 Å². The molecule has 0 unspecified atom stereocenters. The minimum atomic E-state index is -0.362. The van der Waals surface area contributed by atoms with Crippen molar-refractivity contribution in [2.75, 3.05) is 26.7 Å². The Bertz CT molecular complexity index is 1170. The Hall–Kier alpha value is -3.68. The van der Waals surface area contributed by atoms with Crippen molar-refractivity contribution >= 4 is 11.8 Å². The van der Waals surface area contributed by atoms with Gasteiger partial charge in [0.25, 0.3) is 5.91 Å². The van der Waals surface area contributed by atoms with Gasteiger partial charge in [-0.2, -0.15) is 5.10 Å². The number of rotatable bonds is 5. The van der Waals surface area contributed by atoms with Gasteiger partial charge in [0.05, 0.1) is 30.0 Å². The second-order valence-corrected chi connectivity index (χ2v) is 8.75. The van der Waals surface area contributed by atoms with Gasteiger partial charge in [0.1, 0.15) is 11.6 Å². The minimum Gasteiger partial charge on any atom is -0.497 e. The van der Waals surface area contributed by atoms with Crippen LogP contribution in [0.3, 0.4) is 0 Å². The lowest BCUT2D eigenvalue weighted by Gasteiger charge is -2.52. The van der Waals surface area contributed by atoms with Gasteiger partial charge in [0, 0.05) is 31.7 Å². The molecule has 0 radical (unpaired) electrons. The van der Waals surface area contributed by atoms with Gasteiger partial charge >= 0.3 is 0 Å². The number of aromatic amines is 1. The van der Waals surface area contributed by atoms with Gasteiger partial charge in [-0.25, -0.2) is 4.39 Å². The summed E-state index contributed by atoms with van der Waals surface area (Å²) in [5, 5.41) is 6.89. The quantitative estimate of drug-likeness (QED) is 0.606. The SMILES string of the molecule is COc1ccc(CN2CC3(CCN(C(=O)c4cn[nH]c4-c4ccc(F)cc4)CC3)C2=O)cc1. The third-order valence-electron chi connectivity index (χ3n) is 6.78. The smallest absolute Gasteiger partial charge is 0.257 e. The molecule has 33 heavy (non-hydrogen) atoms. The Kier molecular flexibility index (Phi) is 5.36. The number of halogens is 1. The molecular formula is C25H25FN4O3. The lowest BCUT2D eigenvalue weighted by atomic mass is 9.71. The Labute approximate surface area is 191 Å². The van der Waals surface area contributed by atoms with Crippen LogP contribution in [0.5, 0.6) is 5.75 Å². The number of benzene rings is 2. The van der Waals surface area contributed by atoms with E-state index in [9.17, 15) is 14.0 Å². The van der Waals surface area contributed by atoms with Crippen LogP contribution in [0.25, 0.3) is 11.3 Å². The summed E-state index contributed by atoms with van der Waals surface area (Å²) in [5.74, 6) is 0.501. The summed E-state index contributed by atoms with van der Waals surface area (Å²) in [6.07, 6.45) is 2.82. The van der Waals surface area contributed by atoms with Crippen molar-refractivity contribution in [3.05, 3.63) is 71.7 Å². The van der Waals surface area contributed by atoms with Gasteiger partial charge < -0.3 is 14.5 Å². The van der Waals surface area contributed by atoms with Crippen LogP contribution in [-0.2, 0) is 11.3 Å². The zero-order valence-electron chi connectivity index (χ0n) is 18.4. The fourth-order valence-electron chi connectivity index (χ4n) is 4.79. The first kappa shape index (κ1) is 21.2. The molecule has 2 aromatic carbocycles. The zero-order valence-corrected chi connectivity index (χ0v) is 18.4. The molecule has 1 aromatic heterocycles. The van der Waals surface area contributed by atoms with E-state index in [0.29, 0.717) is 55.8 Å². The fourth-order valence-corrected chi connectivity index (χ4v) is 4.79. The van der Waals surface area contributed by atoms with Crippen LogP contribution < -0.4 is 4.74 Å². The molecule has 1 N–H and O–H groups in total. The molecule has 0 aliphatic carbocycles. The van der Waals surface area contributed by atoms with Crippen molar-refractivity contribution in [1.29, 1.82) is 0 Å². The molecule has 1 spiro atoms. The number of nitrogens with zero attached hydrogens (tertiary/aromatic N) is 3. The number of methoxy groups -OCH3 is 1. The maximum Gasteiger partial charge on any atom is 0.257 e. The number of likely N-dealkylation sites (tertiary alicyclic amines) is 2. The highest BCUT2D eigenvalue weighted by atomic mass is 19.1. The molecule has 3 aromatic rings. The first-order valence-corrected chi connectivity index (χ1v) is 11.0. The topological polar surface area (TPSA) is 78.5 Å². The van der Waals surface area contributed by atoms with Crippen LogP contribution in [0.2, 0.25) is 0 Å². The van der Waals surface area contributed by atoms with Crippen molar-refractivity contribution in [3.8, 4) is 17.0 Å². The van der Waals surface area contributed by atoms with Gasteiger partial charge in [-0.1, -0.05) is 12.1 Å². The molecule has 8 heteroatoms. The van der Waals surface area contributed by atoms with E-state index in [1.807, 2.05) is 29.2 Å². The van der Waals surface area contributed by atoms with Crippen LogP contribution in [0.1, 0.15) is 28.8 Å². The number of hydrogen-bond donors (Lipinski definition) is 1. The highest BCUT2D eigenvalue weighted by Crippen LogP contribution is 2.43. The van der Waals surface area contributed by atoms with Crippen molar-refractivity contribution in [1.82, 2.24) is 20.0 Å². The lowest BCUT2D eigenvalue weighted by molar-refractivity contribution is -0.165. The molecular weight excluding hydrogens is 423 g/mol. The summed E-state index contributed by atoms with van der Waals surface area (Å²) >= 11 is 0. The van der Waals surface area contributed by atoms with Crippen molar-refractivity contribution in [2.45, 2.75) is 19.4 Å². The van der Waals surface area contributed by atoms with E-state index in [-0.39, 0.29) is 23.0 Å². The van der Waals surface area contributed by atoms with E-state index < -0.39 is 0 Å². The van der Waals surface area contributed by atoms with Crippen LogP contribution in [0, 0.1) is 11.2 Å². The Morgan fingerprint density at radius 1 is 1.12 bits per heavy atom. The molecule has 2 aliphatic rings. The average molecular weight is 448 g/mol. The molecule has 0 saturated carbocycles. The van der Waals surface area contributed by atoms with Crippen LogP contribution >= 0.6 is 0 Å². The number of ether oxygens (including phenoxy) is 1. The van der Waals surface area contributed by atoms with Gasteiger partial charge in [-0.3, -0.25) is 14.7 Å². The second kappa shape index (κ2) is 8.35. The van der Waals surface area contributed by atoms with Gasteiger partial charge in [-0.15, -0.1) is 0 Å². The third-order valence-corrected chi connectivity index (χ3v) is 6.78. The summed E-state index contributed by atoms with van der Waals surface area (Å²) in [5.41, 5.74) is 2.44. The maximum absolute atomic E-state index is 13.3. The number of hydrogen-bond acceptors (Lipinski definition) is 4. The summed E-state index contributed by atoms with van der Waals surface area (Å²) in [6, 6.07) is 13.7. The second-order valence-electron chi connectivity index (χ2n) is 8.75. The number of H-pyrrole nitrogens is 1. The molecule has 0 atom stereocenters. The Morgan fingerprint density at radius 2 is 1.82 bits per heavy atom. The molecule has 2 fully saturated rings. The number of β-lactam (4-membered cyclic amide) rings is 1. The van der Waals surface area contributed by atoms with Crippen LogP contribution in [0.4, 0.5) is 4.39 Å². The average Bonchev–Trinajstić information content (AvgIpc) is 3.34. The van der Waals surface area contributed by atoms with Crippen molar-refractivity contribution < 1.29 is 18.7 Å². The van der Waals surface area contributed by atoms with E-state index in [2.05, 4.69) is 10.2 Å². The van der Waals surface area contributed by atoms with E-state index in [1.54, 1.807) is 24.1 Å². The maximum atomic E-state index is 13.3. The van der Waals surface area contributed by atoms with Gasteiger partial charge in [0.2, 0.25) is 5.91 Å². The van der Waals surface area contributed by atoms with Gasteiger partial charge in [-0.05, 0) is 54.8 Å². The molecule has 0 bridgehead atoms.